The number of carboxylic acid groups (broad SMARTS) is 2. The number of hydrogen-bond donors (Lipinski definition) is 6. The number of anilines is 2. The molecule has 6 N–H and O–H groups in total. The van der Waals surface area contributed by atoms with E-state index in [4.69, 9.17) is 9.68 Å². The summed E-state index contributed by atoms with van der Waals surface area (Å²) in [5.74, 6) is -7.67. The number of pyridine rings is 2. The monoisotopic (exact) mass is 1370 g/mol. The second-order valence-electron chi connectivity index (χ2n) is 17.5. The van der Waals surface area contributed by atoms with Gasteiger partial charge in [-0.25, -0.2) is 28.2 Å². The normalized spacial score (nSPS) is 19.8. The molecule has 0 aromatic carbocycles. The molecule has 4 aliphatic rings. The first-order valence-corrected chi connectivity index (χ1v) is 34.4. The SMILES string of the molecule is C.CCO/N=C(\C(=O)N[C@@H]1C(=O)N2C(C(=O)[O-])=C(Sc3nc(-c4cc[n+](C)cc4)cs3)CS[C@H]12)c1nsc(NP(=O)(O)OP(=O)(O)Nc2nc(/C(=N/OCC)C(=O)N[C@@H]3C(=O)N4C(C(=O)[O-])=C(Sc5nc(-c6cc[n+](C)cc6)cs5)CS[C@H]34)ns2)n1. The quantitative estimate of drug-likeness (QED) is 0.0164. The van der Waals surface area contributed by atoms with Gasteiger partial charge in [-0.15, -0.1) is 46.2 Å². The van der Waals surface area contributed by atoms with Crippen LogP contribution in [0.5, 0.6) is 0 Å². The van der Waals surface area contributed by atoms with Gasteiger partial charge in [0.25, 0.3) is 23.6 Å². The number of carbonyl (C=O) groups is 6. The summed E-state index contributed by atoms with van der Waals surface area (Å²) in [6.07, 6.45) is 7.44. The number of β-lactam (4-membered cyclic amide) rings is 2. The molecule has 86 heavy (non-hydrogen) atoms. The summed E-state index contributed by atoms with van der Waals surface area (Å²) in [6, 6.07) is 4.99. The third-order valence-electron chi connectivity index (χ3n) is 11.7. The van der Waals surface area contributed by atoms with Gasteiger partial charge in [0.2, 0.25) is 33.3 Å². The summed E-state index contributed by atoms with van der Waals surface area (Å²) in [5.41, 5.74) is 1.08. The second-order valence-corrected chi connectivity index (χ2v) is 28.8. The topological polar surface area (TPSA) is 415 Å². The van der Waals surface area contributed by atoms with Gasteiger partial charge in [0.15, 0.2) is 33.5 Å². The summed E-state index contributed by atoms with van der Waals surface area (Å²) in [4.78, 5) is 131. The van der Waals surface area contributed by atoms with Crippen molar-refractivity contribution in [2.45, 2.75) is 52.8 Å². The Morgan fingerprint density at radius 2 is 1.07 bits per heavy atom. The fourth-order valence-electron chi connectivity index (χ4n) is 7.95. The first-order chi connectivity index (χ1) is 40.6. The molecule has 452 valence electrons. The maximum Gasteiger partial charge on any atom is 0.440 e. The van der Waals surface area contributed by atoms with Crippen molar-refractivity contribution in [2.24, 2.45) is 24.4 Å². The van der Waals surface area contributed by atoms with Crippen molar-refractivity contribution in [3.05, 3.63) is 92.7 Å². The molecule has 4 amide bonds. The lowest BCUT2D eigenvalue weighted by Gasteiger charge is -2.50. The number of aryl methyl sites for hydroxylation is 2. The molecule has 4 aliphatic heterocycles. The Kier molecular flexibility index (Phi) is 19.8. The second kappa shape index (κ2) is 26.7. The van der Waals surface area contributed by atoms with E-state index < -0.39 is 107 Å². The number of rotatable bonds is 24. The van der Waals surface area contributed by atoms with Gasteiger partial charge in [0, 0.05) is 90.5 Å². The predicted molar refractivity (Wildman–Crippen MR) is 314 cm³/mol. The number of carboxylic acids is 2. The van der Waals surface area contributed by atoms with Crippen LogP contribution in [0.4, 0.5) is 10.3 Å². The Hall–Kier alpha value is -6.74. The van der Waals surface area contributed by atoms with Crippen LogP contribution in [-0.2, 0) is 66.0 Å². The molecular formula is C45H44N16O15P2S8. The zero-order valence-electron chi connectivity index (χ0n) is 43.6. The first-order valence-electron chi connectivity index (χ1n) is 24.2. The number of nitrogens with one attached hydrogen (secondary N) is 4. The van der Waals surface area contributed by atoms with E-state index in [1.54, 1.807) is 0 Å². The predicted octanol–water partition coefficient (Wildman–Crippen LogP) is 1.45. The molecule has 31 nitrogen and oxygen atoms in total. The van der Waals surface area contributed by atoms with E-state index >= 15 is 0 Å². The molecule has 6 aromatic heterocycles. The lowest BCUT2D eigenvalue weighted by Crippen LogP contribution is -2.71. The highest BCUT2D eigenvalue weighted by Crippen LogP contribution is 2.59. The van der Waals surface area contributed by atoms with E-state index in [9.17, 15) is 57.9 Å². The lowest BCUT2D eigenvalue weighted by molar-refractivity contribution is -0.671. The van der Waals surface area contributed by atoms with Crippen LogP contribution in [0.1, 0.15) is 32.9 Å². The third kappa shape index (κ3) is 14.0. The molecule has 0 spiro atoms. The van der Waals surface area contributed by atoms with Crippen molar-refractivity contribution in [2.75, 3.05) is 34.9 Å². The van der Waals surface area contributed by atoms with Crippen LogP contribution in [-0.4, -0.2) is 143 Å². The molecule has 2 saturated heterocycles. The highest BCUT2D eigenvalue weighted by atomic mass is 32.2. The molecule has 0 radical (unpaired) electrons. The highest BCUT2D eigenvalue weighted by Gasteiger charge is 2.55. The van der Waals surface area contributed by atoms with Crippen LogP contribution in [0.25, 0.3) is 22.5 Å². The molecule has 2 unspecified atom stereocenters. The molecule has 0 saturated carbocycles. The summed E-state index contributed by atoms with van der Waals surface area (Å²) in [5, 5.41) is 42.2. The minimum Gasteiger partial charge on any atom is -0.543 e. The molecule has 41 heteroatoms. The molecule has 6 aromatic rings. The average Bonchev–Trinajstić information content (AvgIpc) is 0.892. The fraction of sp³-hybridized carbons (Fsp3) is 0.289. The van der Waals surface area contributed by atoms with Gasteiger partial charge in [-0.2, -0.15) is 23.0 Å². The number of thioether (sulfide) groups is 4. The third-order valence-corrected chi connectivity index (χ3v) is 23.0. The smallest absolute Gasteiger partial charge is 0.440 e. The van der Waals surface area contributed by atoms with Crippen molar-refractivity contribution in [3.63, 3.8) is 0 Å². The summed E-state index contributed by atoms with van der Waals surface area (Å²) < 4.78 is 43.9. The van der Waals surface area contributed by atoms with Crippen molar-refractivity contribution < 1.29 is 81.0 Å². The van der Waals surface area contributed by atoms with Gasteiger partial charge in [-0.3, -0.25) is 39.2 Å². The Bertz CT molecular complexity index is 3650. The van der Waals surface area contributed by atoms with Crippen LogP contribution < -0.4 is 40.2 Å². The van der Waals surface area contributed by atoms with Crippen molar-refractivity contribution in [3.8, 4) is 22.5 Å². The maximum atomic E-state index is 13.7. The van der Waals surface area contributed by atoms with Crippen LogP contribution >= 0.6 is 108 Å². The number of aliphatic carboxylic acids is 2. The average molecular weight is 1370 g/mol. The van der Waals surface area contributed by atoms with Crippen LogP contribution in [0.2, 0.25) is 0 Å². The van der Waals surface area contributed by atoms with Gasteiger partial charge in [-0.05, 0) is 13.8 Å². The number of oxime groups is 2. The Balaban J connectivity index is 0.00000884. The zero-order chi connectivity index (χ0) is 60.5. The minimum atomic E-state index is -5.40. The zero-order valence-corrected chi connectivity index (χ0v) is 52.0. The summed E-state index contributed by atoms with van der Waals surface area (Å²) in [7, 11) is -7.04. The van der Waals surface area contributed by atoms with E-state index in [-0.39, 0.29) is 43.5 Å². The minimum absolute atomic E-state index is 0. The van der Waals surface area contributed by atoms with E-state index in [2.05, 4.69) is 53.9 Å². The Morgan fingerprint density at radius 3 is 1.43 bits per heavy atom. The van der Waals surface area contributed by atoms with E-state index in [0.717, 1.165) is 44.5 Å². The molecule has 10 heterocycles. The first kappa shape index (κ1) is 63.8. The fourth-order valence-corrected chi connectivity index (χ4v) is 18.9. The Labute approximate surface area is 519 Å². The van der Waals surface area contributed by atoms with Gasteiger partial charge in [0.1, 0.15) is 50.1 Å². The van der Waals surface area contributed by atoms with Gasteiger partial charge < -0.3 is 49.9 Å². The number of amides is 4. The Morgan fingerprint density at radius 1 is 0.686 bits per heavy atom. The van der Waals surface area contributed by atoms with Crippen molar-refractivity contribution in [1.82, 2.24) is 49.1 Å². The number of nitrogens with zero attached hydrogens (tertiary/aromatic N) is 12. The van der Waals surface area contributed by atoms with Crippen LogP contribution in [0, 0.1) is 0 Å². The molecule has 0 bridgehead atoms. The van der Waals surface area contributed by atoms with Crippen molar-refractivity contribution in [1.29, 1.82) is 0 Å². The number of aromatic nitrogens is 8. The van der Waals surface area contributed by atoms with Crippen LogP contribution in [0.3, 0.4) is 0 Å². The number of fused-ring (bicyclic) bond motifs is 2. The standard InChI is InChI=1S/C44H40N16O15P2S8.CH4/c1-5-73-51-25(33(61)47-27-35(63)59-29(39(65)66)23(17-78-37(27)59)82-43-45-21(15-80-43)19-7-11-57(3)12-8-19)31-49-41(84-55-31)53-76(69,70)75-77(71,72)54-42-50-32(56-85-42)26(52-74-6-2)34(62)48-28-36(64)60-30(40(67)68)24(18-79-38(28)60)83-44-46-22(16-81-44)20-9-13-58(4)14-10-20;/h7-16,27-28,37-38H,5-6,17-18H2,1-4H3,(H6-2,47,48,49,50,53,54,55,56,61,62,65,66,67,68,69,70,71,72);1H4/b51-25-,52-26-;/t27-,28-,37-,38-;/m1./s1. The summed E-state index contributed by atoms with van der Waals surface area (Å²) >= 11 is 7.86. The van der Waals surface area contributed by atoms with Crippen LogP contribution in [0.15, 0.2) is 100 Å². The van der Waals surface area contributed by atoms with E-state index in [1.165, 1.54) is 60.0 Å². The van der Waals surface area contributed by atoms with E-state index in [1.807, 2.05) is 93.2 Å². The highest BCUT2D eigenvalue weighted by molar-refractivity contribution is 8.07. The number of thiazole rings is 2. The van der Waals surface area contributed by atoms with E-state index in [0.29, 0.717) is 52.9 Å². The number of hydrogen-bond acceptors (Lipinski definition) is 29. The summed E-state index contributed by atoms with van der Waals surface area (Å²) in [6.45, 7) is 2.95. The molecule has 2 fully saturated rings. The van der Waals surface area contributed by atoms with Gasteiger partial charge in [0.05, 0.1) is 34.7 Å². The van der Waals surface area contributed by atoms with Gasteiger partial charge >= 0.3 is 15.5 Å². The molecule has 10 rings (SSSR count). The molecular weight excluding hydrogens is 1320 g/mol. The lowest BCUT2D eigenvalue weighted by atomic mass is 10.0. The molecule has 6 atom stereocenters. The number of carbonyl (C=O) groups excluding carboxylic acids is 6. The maximum absolute atomic E-state index is 13.7. The largest absolute Gasteiger partial charge is 0.543 e. The van der Waals surface area contributed by atoms with Gasteiger partial charge in [-0.1, -0.05) is 41.3 Å². The molecule has 0 aliphatic carbocycles. The van der Waals surface area contributed by atoms with Crippen molar-refractivity contribution >= 4 is 166 Å².